The number of carbonyl (C=O) groups is 4. The van der Waals surface area contributed by atoms with Crippen LogP contribution in [0.1, 0.15) is 61.7 Å². The Labute approximate surface area is 286 Å². The molecule has 0 aromatic heterocycles. The number of carbonyl (C=O) groups excluding carboxylic acids is 4. The number of nitrogens with one attached hydrogen (secondary N) is 3. The van der Waals surface area contributed by atoms with E-state index in [0.717, 1.165) is 44.2 Å². The van der Waals surface area contributed by atoms with E-state index < -0.39 is 41.9 Å². The van der Waals surface area contributed by atoms with Crippen LogP contribution in [0, 0.1) is 5.92 Å². The monoisotopic (exact) mass is 720 g/mol. The molecule has 2 rings (SSSR count). The first-order valence-corrected chi connectivity index (χ1v) is 14.6. The molecule has 1 aliphatic carbocycles. The predicted molar refractivity (Wildman–Crippen MR) is 153 cm³/mol. The van der Waals surface area contributed by atoms with Gasteiger partial charge in [-0.05, 0) is 43.0 Å². The first-order chi connectivity index (χ1) is 20.4. The zero-order valence-corrected chi connectivity index (χ0v) is 27.7. The summed E-state index contributed by atoms with van der Waals surface area (Å²) < 4.78 is 40.8. The molecule has 0 bridgehead atoms. The average Bonchev–Trinajstić information content (AvgIpc) is 2.97. The molecule has 0 spiro atoms. The normalized spacial score (nSPS) is 14.2. The molecule has 1 aliphatic rings. The van der Waals surface area contributed by atoms with Gasteiger partial charge in [-0.3, -0.25) is 19.2 Å². The maximum atomic E-state index is 13.1. The second-order valence-electron chi connectivity index (χ2n) is 10.5. The van der Waals surface area contributed by atoms with Crippen LogP contribution in [0.4, 0.5) is 13.2 Å². The van der Waals surface area contributed by atoms with Gasteiger partial charge in [0.2, 0.25) is 17.7 Å². The van der Waals surface area contributed by atoms with Crippen LogP contribution in [0.3, 0.4) is 0 Å². The molecule has 0 aliphatic heterocycles. The quantitative estimate of drug-likeness (QED) is 0.0854. The van der Waals surface area contributed by atoms with E-state index in [4.69, 9.17) is 17.2 Å². The number of hydrogen-bond acceptors (Lipinski definition) is 8. The van der Waals surface area contributed by atoms with Crippen molar-refractivity contribution >= 4 is 23.6 Å². The molecule has 266 valence electrons. The lowest BCUT2D eigenvalue weighted by Crippen LogP contribution is -3.00. The molecule has 1 fully saturated rings. The summed E-state index contributed by atoms with van der Waals surface area (Å²) in [6.07, 6.45) is 1.57. The standard InChI is InChI=1S/C28H44F3N7O5.3ClH/c29-28(30,31)43-21-9-7-20(8-10-21)25(40)35-14-15-36-27(42)23(11-6-19-4-2-1-3-5-19)37-26(41)22(34)18-24(39)38(16-12-32)17-13-33;;;/h7-10,19,22-23H,1-6,11-18,32-34H2,(H,35,40)(H,36,42)(H,37,41);3*1H/p-3/t22-,23-;;;/m0.../s1. The molecule has 2 atom stereocenters. The fourth-order valence-corrected chi connectivity index (χ4v) is 4.90. The number of benzene rings is 1. The van der Waals surface area contributed by atoms with Gasteiger partial charge in [0.15, 0.2) is 0 Å². The van der Waals surface area contributed by atoms with Gasteiger partial charge in [0.25, 0.3) is 5.91 Å². The third kappa shape index (κ3) is 17.4. The Kier molecular flexibility index (Phi) is 23.5. The predicted octanol–water partition coefficient (Wildman–Crippen LogP) is -8.25. The number of ether oxygens (including phenoxy) is 1. The molecule has 12 nitrogen and oxygen atoms in total. The van der Waals surface area contributed by atoms with E-state index in [1.54, 1.807) is 0 Å². The Hall–Kier alpha value is -2.56. The Balaban J connectivity index is 0. The van der Waals surface area contributed by atoms with Crippen molar-refractivity contribution in [2.24, 2.45) is 23.1 Å². The Morgan fingerprint density at radius 3 is 2.00 bits per heavy atom. The molecule has 1 aromatic carbocycles. The van der Waals surface area contributed by atoms with Crippen LogP contribution < -0.4 is 75.1 Å². The number of rotatable bonds is 17. The van der Waals surface area contributed by atoms with E-state index in [-0.39, 0.29) is 94.4 Å². The van der Waals surface area contributed by atoms with Crippen LogP contribution in [0.5, 0.6) is 5.75 Å². The molecule has 0 unspecified atom stereocenters. The largest absolute Gasteiger partial charge is 1.00 e. The highest BCUT2D eigenvalue weighted by Crippen LogP contribution is 2.28. The minimum absolute atomic E-state index is 0. The summed E-state index contributed by atoms with van der Waals surface area (Å²) in [6, 6.07) is 2.35. The van der Waals surface area contributed by atoms with Crippen molar-refractivity contribution in [3.05, 3.63) is 29.8 Å². The van der Waals surface area contributed by atoms with Crippen molar-refractivity contribution < 1.29 is 74.3 Å². The molecule has 1 saturated carbocycles. The van der Waals surface area contributed by atoms with Crippen LogP contribution in [0.25, 0.3) is 0 Å². The Morgan fingerprint density at radius 2 is 1.46 bits per heavy atom. The third-order valence-electron chi connectivity index (χ3n) is 7.16. The first kappa shape index (κ1) is 45.6. The molecule has 46 heavy (non-hydrogen) atoms. The molecule has 0 radical (unpaired) electrons. The van der Waals surface area contributed by atoms with E-state index >= 15 is 0 Å². The van der Waals surface area contributed by atoms with Crippen molar-refractivity contribution in [2.45, 2.75) is 69.8 Å². The van der Waals surface area contributed by atoms with E-state index in [1.165, 1.54) is 23.5 Å². The van der Waals surface area contributed by atoms with Gasteiger partial charge in [-0.25, -0.2) is 0 Å². The lowest BCUT2D eigenvalue weighted by atomic mass is 9.85. The Bertz CT molecular complexity index is 1050. The highest BCUT2D eigenvalue weighted by atomic mass is 35.5. The van der Waals surface area contributed by atoms with Gasteiger partial charge in [0.1, 0.15) is 11.8 Å². The lowest BCUT2D eigenvalue weighted by molar-refractivity contribution is -0.274. The molecule has 18 heteroatoms. The molecule has 0 heterocycles. The van der Waals surface area contributed by atoms with Crippen LogP contribution in [0.15, 0.2) is 24.3 Å². The number of amides is 4. The summed E-state index contributed by atoms with van der Waals surface area (Å²) in [7, 11) is 0. The summed E-state index contributed by atoms with van der Waals surface area (Å²) >= 11 is 0. The van der Waals surface area contributed by atoms with Gasteiger partial charge >= 0.3 is 6.36 Å². The van der Waals surface area contributed by atoms with Gasteiger partial charge < -0.3 is 80.0 Å². The molecular weight excluding hydrogens is 678 g/mol. The van der Waals surface area contributed by atoms with Crippen LogP contribution >= 0.6 is 0 Å². The molecular formula is C28H44Cl3F3N7O5-3. The summed E-state index contributed by atoms with van der Waals surface area (Å²) in [5.74, 6) is -2.01. The second kappa shape index (κ2) is 23.7. The maximum absolute atomic E-state index is 13.1. The van der Waals surface area contributed by atoms with E-state index in [1.807, 2.05) is 0 Å². The van der Waals surface area contributed by atoms with E-state index in [9.17, 15) is 32.3 Å². The van der Waals surface area contributed by atoms with Crippen LogP contribution in [0.2, 0.25) is 0 Å². The summed E-state index contributed by atoms with van der Waals surface area (Å²) in [6.45, 7) is 1.10. The highest BCUT2D eigenvalue weighted by molar-refractivity contribution is 5.94. The maximum Gasteiger partial charge on any atom is 0.573 e. The van der Waals surface area contributed by atoms with Gasteiger partial charge in [0.05, 0.1) is 12.5 Å². The summed E-state index contributed by atoms with van der Waals surface area (Å²) in [5, 5.41) is 7.95. The van der Waals surface area contributed by atoms with Gasteiger partial charge in [0, 0.05) is 44.8 Å². The zero-order chi connectivity index (χ0) is 31.8. The van der Waals surface area contributed by atoms with Crippen LogP contribution in [-0.4, -0.2) is 86.2 Å². The number of halogens is 6. The van der Waals surface area contributed by atoms with Crippen LogP contribution in [-0.2, 0) is 14.4 Å². The van der Waals surface area contributed by atoms with Crippen molar-refractivity contribution in [1.82, 2.24) is 20.9 Å². The van der Waals surface area contributed by atoms with Crippen molar-refractivity contribution in [1.29, 1.82) is 0 Å². The van der Waals surface area contributed by atoms with E-state index in [2.05, 4.69) is 20.7 Å². The number of nitrogens with zero attached hydrogens (tertiary/aromatic N) is 1. The zero-order valence-electron chi connectivity index (χ0n) is 25.4. The first-order valence-electron chi connectivity index (χ1n) is 14.6. The van der Waals surface area contributed by atoms with E-state index in [0.29, 0.717) is 12.3 Å². The lowest BCUT2D eigenvalue weighted by Gasteiger charge is -2.26. The fraction of sp³-hybridized carbons (Fsp3) is 0.643. The summed E-state index contributed by atoms with van der Waals surface area (Å²) in [5.41, 5.74) is 17.2. The molecule has 9 N–H and O–H groups in total. The third-order valence-corrected chi connectivity index (χ3v) is 7.16. The fourth-order valence-electron chi connectivity index (χ4n) is 4.90. The van der Waals surface area contributed by atoms with Crippen molar-refractivity contribution in [3.8, 4) is 5.75 Å². The minimum atomic E-state index is -4.84. The van der Waals surface area contributed by atoms with Crippen molar-refractivity contribution in [2.75, 3.05) is 39.3 Å². The smallest absolute Gasteiger partial charge is 0.573 e. The van der Waals surface area contributed by atoms with Gasteiger partial charge in [-0.15, -0.1) is 13.2 Å². The van der Waals surface area contributed by atoms with Gasteiger partial charge in [-0.1, -0.05) is 32.1 Å². The molecule has 0 saturated heterocycles. The SMILES string of the molecule is NCCN(CCN)C(=O)C[C@H](N)C(=O)N[C@@H](CCC1CCCCC1)C(=O)NCCNC(=O)c1ccc(OC(F)(F)F)cc1.[Cl-].[Cl-].[Cl-]. The number of nitrogens with two attached hydrogens (primary N) is 3. The Morgan fingerprint density at radius 1 is 0.891 bits per heavy atom. The highest BCUT2D eigenvalue weighted by Gasteiger charge is 2.31. The topological polar surface area (TPSA) is 195 Å². The van der Waals surface area contributed by atoms with Crippen molar-refractivity contribution in [3.63, 3.8) is 0 Å². The van der Waals surface area contributed by atoms with Gasteiger partial charge in [-0.2, -0.15) is 0 Å². The second-order valence-corrected chi connectivity index (χ2v) is 10.5. The average molecular weight is 722 g/mol. The summed E-state index contributed by atoms with van der Waals surface area (Å²) in [4.78, 5) is 52.3. The minimum Gasteiger partial charge on any atom is -1.00 e. The molecule has 1 aromatic rings. The molecule has 4 amide bonds. The number of hydrogen-bond donors (Lipinski definition) is 6. The number of alkyl halides is 3.